The van der Waals surface area contributed by atoms with Crippen molar-refractivity contribution in [3.05, 3.63) is 0 Å². The lowest BCUT2D eigenvalue weighted by Gasteiger charge is -2.24. The first-order chi connectivity index (χ1) is 6.55. The summed E-state index contributed by atoms with van der Waals surface area (Å²) in [5, 5.41) is 10.3. The Morgan fingerprint density at radius 1 is 1.13 bits per heavy atom. The van der Waals surface area contributed by atoms with Crippen LogP contribution in [0.25, 0.3) is 0 Å². The summed E-state index contributed by atoms with van der Waals surface area (Å²) >= 11 is 0. The van der Waals surface area contributed by atoms with Crippen LogP contribution >= 0.6 is 0 Å². The van der Waals surface area contributed by atoms with Gasteiger partial charge in [-0.05, 0) is 12.8 Å². The van der Waals surface area contributed by atoms with E-state index in [1.807, 2.05) is 0 Å². The molecule has 0 amide bonds. The molecule has 0 fully saturated rings. The predicted octanol–water partition coefficient (Wildman–Crippen LogP) is 2.84. The molecule has 1 N–H and O–H groups in total. The summed E-state index contributed by atoms with van der Waals surface area (Å²) < 4.78 is 0. The zero-order valence-corrected chi connectivity index (χ0v) is 13.1. The van der Waals surface area contributed by atoms with Gasteiger partial charge in [-0.25, -0.2) is 0 Å². The lowest BCUT2D eigenvalue weighted by Crippen LogP contribution is -2.38. The van der Waals surface area contributed by atoms with Crippen LogP contribution in [0, 0.1) is 0 Å². The molecule has 0 bridgehead atoms. The summed E-state index contributed by atoms with van der Waals surface area (Å²) in [6.45, 7) is 12.8. The normalized spacial score (nSPS) is 15.1. The quantitative estimate of drug-likeness (QED) is 0.732. The molecule has 1 unspecified atom stereocenters. The SMILES string of the molecule is C[Si](C)(C)C(=O)CCCC(O)[Si](C)(C)C. The van der Waals surface area contributed by atoms with Crippen LogP contribution in [0.1, 0.15) is 19.3 Å². The summed E-state index contributed by atoms with van der Waals surface area (Å²) in [5.74, 6) is 0. The van der Waals surface area contributed by atoms with Crippen molar-refractivity contribution in [3.8, 4) is 0 Å². The molecule has 0 aliphatic heterocycles. The summed E-state index contributed by atoms with van der Waals surface area (Å²) in [7, 11) is -3.01. The van der Waals surface area contributed by atoms with Crippen LogP contribution in [0.2, 0.25) is 39.3 Å². The molecule has 2 nitrogen and oxygen atoms in total. The van der Waals surface area contributed by atoms with Crippen molar-refractivity contribution >= 4 is 21.6 Å². The minimum absolute atomic E-state index is 0.160. The van der Waals surface area contributed by atoms with Gasteiger partial charge in [-0.2, -0.15) is 0 Å². The molecule has 1 atom stereocenters. The highest BCUT2D eigenvalue weighted by molar-refractivity contribution is 7.03. The number of carbonyl (C=O) groups excluding carboxylic acids is 1. The van der Waals surface area contributed by atoms with Gasteiger partial charge in [0.1, 0.15) is 13.5 Å². The van der Waals surface area contributed by atoms with Crippen molar-refractivity contribution in [2.45, 2.75) is 64.3 Å². The van der Waals surface area contributed by atoms with Gasteiger partial charge < -0.3 is 9.90 Å². The molecular formula is C11H26O2Si2. The Labute approximate surface area is 96.1 Å². The van der Waals surface area contributed by atoms with Gasteiger partial charge in [0, 0.05) is 12.1 Å². The first-order valence-corrected chi connectivity index (χ1v) is 12.8. The van der Waals surface area contributed by atoms with Crippen LogP contribution in [-0.2, 0) is 4.79 Å². The maximum atomic E-state index is 11.7. The average molecular weight is 246 g/mol. The molecule has 0 saturated heterocycles. The zero-order chi connectivity index (χ0) is 12.3. The van der Waals surface area contributed by atoms with E-state index in [1.54, 1.807) is 0 Å². The van der Waals surface area contributed by atoms with Gasteiger partial charge in [0.15, 0.2) is 0 Å². The summed E-state index contributed by atoms with van der Waals surface area (Å²) in [6, 6.07) is 0. The predicted molar refractivity (Wildman–Crippen MR) is 71.6 cm³/mol. The third kappa shape index (κ3) is 6.27. The average Bonchev–Trinajstić information content (AvgIpc) is 2.00. The number of hydrogen-bond acceptors (Lipinski definition) is 2. The molecule has 0 aliphatic carbocycles. The fourth-order valence-electron chi connectivity index (χ4n) is 1.26. The molecule has 0 aromatic carbocycles. The minimum atomic E-state index is -1.59. The monoisotopic (exact) mass is 246 g/mol. The van der Waals surface area contributed by atoms with E-state index in [-0.39, 0.29) is 5.73 Å². The number of aliphatic hydroxyl groups excluding tert-OH is 1. The zero-order valence-electron chi connectivity index (χ0n) is 11.1. The summed E-state index contributed by atoms with van der Waals surface area (Å²) in [5.41, 5.74) is -0.160. The summed E-state index contributed by atoms with van der Waals surface area (Å²) in [4.78, 5) is 11.7. The molecule has 0 aromatic rings. The highest BCUT2D eigenvalue weighted by Gasteiger charge is 2.26. The molecule has 15 heavy (non-hydrogen) atoms. The van der Waals surface area contributed by atoms with Gasteiger partial charge in [-0.15, -0.1) is 0 Å². The van der Waals surface area contributed by atoms with E-state index in [9.17, 15) is 9.90 Å². The fourth-order valence-corrected chi connectivity index (χ4v) is 3.26. The van der Waals surface area contributed by atoms with Crippen molar-refractivity contribution in [3.63, 3.8) is 0 Å². The second kappa shape index (κ2) is 5.41. The van der Waals surface area contributed by atoms with E-state index in [4.69, 9.17) is 0 Å². The molecule has 0 rings (SSSR count). The smallest absolute Gasteiger partial charge is 0.123 e. The third-order valence-corrected chi connectivity index (χ3v) is 6.93. The van der Waals surface area contributed by atoms with Crippen LogP contribution in [-0.4, -0.2) is 32.4 Å². The van der Waals surface area contributed by atoms with Crippen LogP contribution < -0.4 is 0 Å². The number of aliphatic hydroxyl groups is 1. The van der Waals surface area contributed by atoms with Gasteiger partial charge in [-0.3, -0.25) is 0 Å². The highest BCUT2D eigenvalue weighted by Crippen LogP contribution is 2.15. The van der Waals surface area contributed by atoms with Crippen molar-refractivity contribution in [2.24, 2.45) is 0 Å². The standard InChI is InChI=1S/C11H26O2Si2/c1-14(2,3)10(12)8-7-9-11(13)15(4,5)6/h10,12H,7-9H2,1-6H3. The molecular weight excluding hydrogens is 220 g/mol. The van der Waals surface area contributed by atoms with E-state index in [2.05, 4.69) is 39.3 Å². The molecule has 90 valence electrons. The minimum Gasteiger partial charge on any atom is -0.397 e. The van der Waals surface area contributed by atoms with Crippen LogP contribution in [0.4, 0.5) is 0 Å². The second-order valence-electron chi connectivity index (χ2n) is 6.45. The van der Waals surface area contributed by atoms with Crippen LogP contribution in [0.3, 0.4) is 0 Å². The lowest BCUT2D eigenvalue weighted by atomic mass is 10.2. The van der Waals surface area contributed by atoms with Gasteiger partial charge in [0.25, 0.3) is 0 Å². The highest BCUT2D eigenvalue weighted by atomic mass is 28.3. The summed E-state index contributed by atoms with van der Waals surface area (Å²) in [6.07, 6.45) is 2.32. The molecule has 0 heterocycles. The largest absolute Gasteiger partial charge is 0.397 e. The third-order valence-electron chi connectivity index (χ3n) is 2.72. The molecule has 0 spiro atoms. The first-order valence-electron chi connectivity index (χ1n) is 5.76. The second-order valence-corrected chi connectivity index (χ2v) is 16.9. The van der Waals surface area contributed by atoms with Gasteiger partial charge >= 0.3 is 0 Å². The molecule has 0 aromatic heterocycles. The molecule has 0 radical (unpaired) electrons. The number of carbonyl (C=O) groups is 1. The topological polar surface area (TPSA) is 37.3 Å². The van der Waals surface area contributed by atoms with Crippen molar-refractivity contribution < 1.29 is 9.90 Å². The molecule has 4 heteroatoms. The lowest BCUT2D eigenvalue weighted by molar-refractivity contribution is -0.112. The van der Waals surface area contributed by atoms with Gasteiger partial charge in [-0.1, -0.05) is 39.3 Å². The van der Waals surface area contributed by atoms with Crippen LogP contribution in [0.5, 0.6) is 0 Å². The Kier molecular flexibility index (Phi) is 5.43. The van der Waals surface area contributed by atoms with E-state index < -0.39 is 16.1 Å². The maximum Gasteiger partial charge on any atom is 0.123 e. The number of rotatable bonds is 6. The Morgan fingerprint density at radius 2 is 1.60 bits per heavy atom. The van der Waals surface area contributed by atoms with E-state index in [0.717, 1.165) is 12.8 Å². The van der Waals surface area contributed by atoms with Crippen molar-refractivity contribution in [1.29, 1.82) is 0 Å². The fraction of sp³-hybridized carbons (Fsp3) is 0.909. The van der Waals surface area contributed by atoms with Gasteiger partial charge in [0.05, 0.1) is 8.07 Å². The van der Waals surface area contributed by atoms with E-state index in [0.29, 0.717) is 11.8 Å². The van der Waals surface area contributed by atoms with Crippen molar-refractivity contribution in [1.82, 2.24) is 0 Å². The Balaban J connectivity index is 3.87. The van der Waals surface area contributed by atoms with Gasteiger partial charge in [0.2, 0.25) is 0 Å². The Bertz CT molecular complexity index is 214. The van der Waals surface area contributed by atoms with E-state index >= 15 is 0 Å². The Morgan fingerprint density at radius 3 is 1.93 bits per heavy atom. The Hall–Kier alpha value is 0.0638. The van der Waals surface area contributed by atoms with E-state index in [1.165, 1.54) is 0 Å². The number of hydrogen-bond donors (Lipinski definition) is 1. The molecule has 0 aliphatic rings. The first kappa shape index (κ1) is 15.1. The molecule has 0 saturated carbocycles. The van der Waals surface area contributed by atoms with Crippen LogP contribution in [0.15, 0.2) is 0 Å². The maximum absolute atomic E-state index is 11.7. The van der Waals surface area contributed by atoms with Crippen molar-refractivity contribution in [2.75, 3.05) is 0 Å².